The Morgan fingerprint density at radius 1 is 0.621 bits per heavy atom. The molecular formula is C18H45Ca3O6PZn. The largest absolute Gasteiger partial charge is 0 e. The van der Waals surface area contributed by atoms with Gasteiger partial charge in [-0.25, -0.2) is 4.57 Å². The zero-order chi connectivity index (χ0) is 19.4. The van der Waals surface area contributed by atoms with Crippen LogP contribution in [0.2, 0.25) is 0 Å². The maximum absolute atomic E-state index is 10.3. The molecule has 0 aromatic rings. The number of carboxylic acids is 1. The average Bonchev–Trinajstić information content (AvgIpc) is 2.49. The van der Waals surface area contributed by atoms with Gasteiger partial charge in [0, 0.05) is 25.9 Å². The smallest absolute Gasteiger partial charge is 0 e. The Labute approximate surface area is 280 Å². The Balaban J connectivity index is -0.000000131. The first-order valence-corrected chi connectivity index (χ1v) is 11.3. The van der Waals surface area contributed by atoms with Crippen molar-refractivity contribution in [3.63, 3.8) is 0 Å². The first kappa shape index (κ1) is 46.3. The van der Waals surface area contributed by atoms with Crippen LogP contribution >= 0.6 is 7.82 Å². The van der Waals surface area contributed by atoms with Crippen LogP contribution in [-0.2, 0) is 28.8 Å². The van der Waals surface area contributed by atoms with Gasteiger partial charge in [-0.1, -0.05) is 96.8 Å². The third kappa shape index (κ3) is 65.3. The van der Waals surface area contributed by atoms with Crippen LogP contribution in [0.1, 0.15) is 110 Å². The number of aliphatic carboxylic acids is 1. The van der Waals surface area contributed by atoms with E-state index in [1.807, 2.05) is 0 Å². The van der Waals surface area contributed by atoms with E-state index in [4.69, 9.17) is 24.4 Å². The van der Waals surface area contributed by atoms with Crippen molar-refractivity contribution in [2.24, 2.45) is 0 Å². The summed E-state index contributed by atoms with van der Waals surface area (Å²) in [6.07, 6.45) is 20.2. The van der Waals surface area contributed by atoms with E-state index in [0.717, 1.165) is 12.8 Å². The third-order valence-electron chi connectivity index (χ3n) is 3.99. The Morgan fingerprint density at radius 3 is 1.03 bits per heavy atom. The molecule has 4 N–H and O–H groups in total. The Kier molecular flexibility index (Phi) is 58.4. The second-order valence-corrected chi connectivity index (χ2v) is 7.63. The summed E-state index contributed by atoms with van der Waals surface area (Å²) >= 11 is 0. The molecule has 0 aliphatic carbocycles. The fourth-order valence-electron chi connectivity index (χ4n) is 2.65. The number of phosphoric acid groups is 1. The van der Waals surface area contributed by atoms with Crippen molar-refractivity contribution >= 4 is 127 Å². The van der Waals surface area contributed by atoms with Gasteiger partial charge in [-0.3, -0.25) is 4.79 Å². The molecule has 0 spiro atoms. The molecule has 0 unspecified atom stereocenters. The Hall–Kier alpha value is 3.98. The van der Waals surface area contributed by atoms with Crippen LogP contribution in [0.3, 0.4) is 0 Å². The third-order valence-corrected chi connectivity index (χ3v) is 3.99. The van der Waals surface area contributed by atoms with Gasteiger partial charge in [-0.15, -0.1) is 0 Å². The molecule has 0 aliphatic rings. The van der Waals surface area contributed by atoms with E-state index in [0.29, 0.717) is 6.42 Å². The molecule has 6 nitrogen and oxygen atoms in total. The SMILES string of the molecule is CCCCCCCCCCCCCCCCCC(=O)O.O=P(O)(O)O.[CaH2].[CaH2].[CaH2].[Zn]. The van der Waals surface area contributed by atoms with Gasteiger partial charge in [0.05, 0.1) is 0 Å². The van der Waals surface area contributed by atoms with Crippen molar-refractivity contribution in [1.29, 1.82) is 0 Å². The van der Waals surface area contributed by atoms with Gasteiger partial charge in [-0.2, -0.15) is 0 Å². The first-order valence-electron chi connectivity index (χ1n) is 9.77. The summed E-state index contributed by atoms with van der Waals surface area (Å²) in [6, 6.07) is 0. The van der Waals surface area contributed by atoms with Gasteiger partial charge < -0.3 is 19.8 Å². The van der Waals surface area contributed by atoms with Crippen molar-refractivity contribution in [3.05, 3.63) is 0 Å². The van der Waals surface area contributed by atoms with Crippen molar-refractivity contribution in [2.75, 3.05) is 0 Å². The minimum atomic E-state index is -4.64. The molecule has 0 amide bonds. The Bertz CT molecular complexity index is 341. The van der Waals surface area contributed by atoms with E-state index in [9.17, 15) is 4.79 Å². The van der Waals surface area contributed by atoms with Gasteiger partial charge in [0.1, 0.15) is 0 Å². The second kappa shape index (κ2) is 36.5. The zero-order valence-electron chi connectivity index (χ0n) is 16.6. The molecule has 0 aromatic heterocycles. The van der Waals surface area contributed by atoms with Crippen molar-refractivity contribution in [1.82, 2.24) is 0 Å². The van der Waals surface area contributed by atoms with E-state index in [-0.39, 0.29) is 133 Å². The quantitative estimate of drug-likeness (QED) is 0.128. The summed E-state index contributed by atoms with van der Waals surface area (Å²) in [5, 5.41) is 8.52. The van der Waals surface area contributed by atoms with Crippen LogP contribution in [0.5, 0.6) is 0 Å². The number of rotatable bonds is 16. The van der Waals surface area contributed by atoms with Gasteiger partial charge in [0.2, 0.25) is 0 Å². The minimum Gasteiger partial charge on any atom is 0 e. The molecule has 29 heavy (non-hydrogen) atoms. The van der Waals surface area contributed by atoms with E-state index in [1.54, 1.807) is 0 Å². The summed E-state index contributed by atoms with van der Waals surface area (Å²) in [7, 11) is -4.64. The Morgan fingerprint density at radius 2 is 0.828 bits per heavy atom. The number of hydrogen-bond acceptors (Lipinski definition) is 2. The molecule has 0 fully saturated rings. The number of carbonyl (C=O) groups is 1. The molecular weight excluding hydrogens is 529 g/mol. The van der Waals surface area contributed by atoms with Crippen molar-refractivity contribution in [2.45, 2.75) is 110 Å². The number of hydrogen-bond donors (Lipinski definition) is 4. The van der Waals surface area contributed by atoms with E-state index in [1.165, 1.54) is 83.5 Å². The predicted molar refractivity (Wildman–Crippen MR) is 127 cm³/mol. The molecule has 0 radical (unpaired) electrons. The summed E-state index contributed by atoms with van der Waals surface area (Å²) in [6.45, 7) is 2.27. The molecule has 166 valence electrons. The van der Waals surface area contributed by atoms with Crippen molar-refractivity contribution in [3.8, 4) is 0 Å². The van der Waals surface area contributed by atoms with Gasteiger partial charge >= 0.3 is 127 Å². The van der Waals surface area contributed by atoms with Crippen molar-refractivity contribution < 1.29 is 48.6 Å². The van der Waals surface area contributed by atoms with Crippen LogP contribution in [0.25, 0.3) is 0 Å². The topological polar surface area (TPSA) is 115 Å². The van der Waals surface area contributed by atoms with E-state index in [2.05, 4.69) is 6.92 Å². The van der Waals surface area contributed by atoms with E-state index >= 15 is 0 Å². The van der Waals surface area contributed by atoms with Crippen LogP contribution < -0.4 is 0 Å². The van der Waals surface area contributed by atoms with Gasteiger partial charge in [0.25, 0.3) is 0 Å². The molecule has 0 rings (SSSR count). The molecule has 0 aromatic carbocycles. The molecule has 11 heteroatoms. The molecule has 0 saturated heterocycles. The maximum atomic E-state index is 10.3. The summed E-state index contributed by atoms with van der Waals surface area (Å²) < 4.78 is 8.88. The minimum absolute atomic E-state index is 0. The molecule has 0 saturated carbocycles. The summed E-state index contributed by atoms with van der Waals surface area (Å²) in [5.41, 5.74) is 0. The maximum Gasteiger partial charge on any atom is 0 e. The average molecular weight is 574 g/mol. The fourth-order valence-corrected chi connectivity index (χ4v) is 2.65. The van der Waals surface area contributed by atoms with Gasteiger partial charge in [0.15, 0.2) is 0 Å². The normalized spacial score (nSPS) is 9.52. The number of carboxylic acid groups (broad SMARTS) is 1. The van der Waals surface area contributed by atoms with Crippen LogP contribution in [0.4, 0.5) is 0 Å². The second-order valence-electron chi connectivity index (χ2n) is 6.61. The molecule has 0 heterocycles. The standard InChI is InChI=1S/C18H36O2.3Ca.H3O4P.Zn.6H/c1-2-3-4-5-6-7-8-9-10-11-12-13-14-15-16-17-18(19)20;;;;1-5(2,3)4;;;;;;;/h2-17H2,1H3,(H,19,20);;;;(H3,1,2,3,4);;;;;;;. The van der Waals surface area contributed by atoms with E-state index < -0.39 is 13.8 Å². The van der Waals surface area contributed by atoms with Crippen LogP contribution in [0.15, 0.2) is 0 Å². The van der Waals surface area contributed by atoms with Crippen LogP contribution in [-0.4, -0.2) is 139 Å². The zero-order valence-corrected chi connectivity index (χ0v) is 20.4. The van der Waals surface area contributed by atoms with Gasteiger partial charge in [-0.05, 0) is 6.42 Å². The summed E-state index contributed by atoms with van der Waals surface area (Å²) in [4.78, 5) is 31.9. The molecule has 0 aliphatic heterocycles. The monoisotopic (exact) mass is 572 g/mol. The molecule has 0 atom stereocenters. The van der Waals surface area contributed by atoms with Crippen LogP contribution in [0, 0.1) is 0 Å². The predicted octanol–water partition coefficient (Wildman–Crippen LogP) is 2.65. The number of unbranched alkanes of at least 4 members (excludes halogenated alkanes) is 14. The summed E-state index contributed by atoms with van der Waals surface area (Å²) in [5.74, 6) is -0.653. The first-order chi connectivity index (χ1) is 11.8. The fraction of sp³-hybridized carbons (Fsp3) is 0.944. The molecule has 0 bridgehead atoms.